The molecule has 1 aliphatic heterocycles. The minimum atomic E-state index is -0.666. The number of esters is 2. The van der Waals surface area contributed by atoms with Crippen LogP contribution in [0, 0.1) is 17.8 Å². The molecule has 0 saturated carbocycles. The summed E-state index contributed by atoms with van der Waals surface area (Å²) in [6.07, 6.45) is 1.16. The first-order chi connectivity index (χ1) is 12.4. The molecular formula is C20H35NO6. The molecule has 1 saturated heterocycles. The van der Waals surface area contributed by atoms with Crippen LogP contribution in [0.5, 0.6) is 0 Å². The number of amides is 1. The van der Waals surface area contributed by atoms with Gasteiger partial charge in [0.25, 0.3) is 0 Å². The van der Waals surface area contributed by atoms with Crippen LogP contribution in [0.15, 0.2) is 0 Å². The van der Waals surface area contributed by atoms with Gasteiger partial charge in [0.1, 0.15) is 11.6 Å². The van der Waals surface area contributed by atoms with Crippen molar-refractivity contribution in [2.75, 3.05) is 14.2 Å². The first-order valence-corrected chi connectivity index (χ1v) is 9.59. The highest BCUT2D eigenvalue weighted by Crippen LogP contribution is 2.36. The van der Waals surface area contributed by atoms with E-state index in [4.69, 9.17) is 14.2 Å². The Kier molecular flexibility index (Phi) is 8.11. The number of carbonyl (C=O) groups excluding carboxylic acids is 3. The second-order valence-electron chi connectivity index (χ2n) is 8.66. The largest absolute Gasteiger partial charge is 0.469 e. The molecule has 1 fully saturated rings. The maximum Gasteiger partial charge on any atom is 0.411 e. The standard InChI is InChI=1S/C20H35NO6/c1-12(2)14(17(22)25-7)9-10-15-13(3)11-16(18(23)26-8)21(15)19(24)27-20(4,5)6/h12-16H,9-11H2,1-8H3/t13-,14?,15-,16-/m1/s1. The molecule has 1 amide bonds. The molecule has 1 heterocycles. The third kappa shape index (κ3) is 6.11. The summed E-state index contributed by atoms with van der Waals surface area (Å²) in [6, 6.07) is -0.865. The van der Waals surface area contributed by atoms with Gasteiger partial charge in [0.2, 0.25) is 0 Å². The van der Waals surface area contributed by atoms with Gasteiger partial charge < -0.3 is 14.2 Å². The lowest BCUT2D eigenvalue weighted by atomic mass is 9.87. The Morgan fingerprint density at radius 3 is 2.15 bits per heavy atom. The van der Waals surface area contributed by atoms with Crippen LogP contribution in [0.3, 0.4) is 0 Å². The molecule has 0 N–H and O–H groups in total. The number of carbonyl (C=O) groups is 3. The van der Waals surface area contributed by atoms with E-state index < -0.39 is 23.7 Å². The van der Waals surface area contributed by atoms with Crippen LogP contribution in [0.4, 0.5) is 4.79 Å². The van der Waals surface area contributed by atoms with E-state index in [1.165, 1.54) is 19.1 Å². The van der Waals surface area contributed by atoms with E-state index in [1.54, 1.807) is 20.8 Å². The lowest BCUT2D eigenvalue weighted by molar-refractivity contribution is -0.148. The van der Waals surface area contributed by atoms with Crippen molar-refractivity contribution in [1.82, 2.24) is 4.90 Å². The Morgan fingerprint density at radius 1 is 1.11 bits per heavy atom. The quantitative estimate of drug-likeness (QED) is 0.515. The summed E-state index contributed by atoms with van der Waals surface area (Å²) in [5.74, 6) is -0.722. The highest BCUT2D eigenvalue weighted by atomic mass is 16.6. The molecular weight excluding hydrogens is 350 g/mol. The molecule has 0 spiro atoms. The molecule has 7 nitrogen and oxygen atoms in total. The topological polar surface area (TPSA) is 82.1 Å². The van der Waals surface area contributed by atoms with Gasteiger partial charge in [0.05, 0.1) is 20.1 Å². The van der Waals surface area contributed by atoms with Crippen LogP contribution in [-0.4, -0.2) is 54.8 Å². The second kappa shape index (κ2) is 9.42. The summed E-state index contributed by atoms with van der Waals surface area (Å²) in [5, 5.41) is 0. The molecule has 1 aliphatic rings. The smallest absolute Gasteiger partial charge is 0.411 e. The fraction of sp³-hybridized carbons (Fsp3) is 0.850. The average Bonchev–Trinajstić information content (AvgIpc) is 2.89. The van der Waals surface area contributed by atoms with Crippen LogP contribution in [-0.2, 0) is 23.8 Å². The summed E-state index contributed by atoms with van der Waals surface area (Å²) in [4.78, 5) is 38.6. The van der Waals surface area contributed by atoms with E-state index in [1.807, 2.05) is 20.8 Å². The van der Waals surface area contributed by atoms with Crippen molar-refractivity contribution >= 4 is 18.0 Å². The number of hydrogen-bond donors (Lipinski definition) is 0. The molecule has 1 rings (SSSR count). The van der Waals surface area contributed by atoms with Gasteiger partial charge in [-0.3, -0.25) is 9.69 Å². The van der Waals surface area contributed by atoms with Crippen molar-refractivity contribution in [3.8, 4) is 0 Å². The number of nitrogens with zero attached hydrogens (tertiary/aromatic N) is 1. The minimum Gasteiger partial charge on any atom is -0.469 e. The Balaban J connectivity index is 3.03. The maximum absolute atomic E-state index is 12.8. The van der Waals surface area contributed by atoms with Crippen molar-refractivity contribution < 1.29 is 28.6 Å². The number of rotatable bonds is 6. The molecule has 4 atom stereocenters. The van der Waals surface area contributed by atoms with Crippen molar-refractivity contribution in [1.29, 1.82) is 0 Å². The van der Waals surface area contributed by atoms with Crippen molar-refractivity contribution in [3.63, 3.8) is 0 Å². The first-order valence-electron chi connectivity index (χ1n) is 9.59. The number of ether oxygens (including phenoxy) is 3. The minimum absolute atomic E-state index is 0.0899. The Hall–Kier alpha value is -1.79. The van der Waals surface area contributed by atoms with Crippen LogP contribution >= 0.6 is 0 Å². The molecule has 0 aromatic carbocycles. The molecule has 0 aromatic heterocycles. The van der Waals surface area contributed by atoms with Gasteiger partial charge in [-0.2, -0.15) is 0 Å². The van der Waals surface area contributed by atoms with Gasteiger partial charge >= 0.3 is 18.0 Å². The highest BCUT2D eigenvalue weighted by Gasteiger charge is 2.47. The fourth-order valence-corrected chi connectivity index (χ4v) is 3.70. The summed E-state index contributed by atoms with van der Waals surface area (Å²) < 4.78 is 15.3. The molecule has 0 aliphatic carbocycles. The van der Waals surface area contributed by atoms with Crippen LogP contribution < -0.4 is 0 Å². The van der Waals surface area contributed by atoms with Crippen LogP contribution in [0.2, 0.25) is 0 Å². The van der Waals surface area contributed by atoms with Gasteiger partial charge in [-0.1, -0.05) is 20.8 Å². The maximum atomic E-state index is 12.8. The fourth-order valence-electron chi connectivity index (χ4n) is 3.70. The zero-order valence-corrected chi connectivity index (χ0v) is 17.9. The number of likely N-dealkylation sites (tertiary alicyclic amines) is 1. The molecule has 0 radical (unpaired) electrons. The van der Waals surface area contributed by atoms with E-state index in [0.29, 0.717) is 19.3 Å². The van der Waals surface area contributed by atoms with Gasteiger partial charge in [0.15, 0.2) is 0 Å². The Morgan fingerprint density at radius 2 is 1.70 bits per heavy atom. The molecule has 0 bridgehead atoms. The lowest BCUT2D eigenvalue weighted by Gasteiger charge is -2.33. The van der Waals surface area contributed by atoms with Crippen LogP contribution in [0.25, 0.3) is 0 Å². The SMILES string of the molecule is COC(=O)C(CC[C@@H]1[C@H](C)C[C@H](C(=O)OC)N1C(=O)OC(C)(C)C)C(C)C. The Bertz CT molecular complexity index is 539. The molecule has 1 unspecified atom stereocenters. The average molecular weight is 386 g/mol. The first kappa shape index (κ1) is 23.2. The van der Waals surface area contributed by atoms with E-state index in [9.17, 15) is 14.4 Å². The van der Waals surface area contributed by atoms with Gasteiger partial charge in [-0.25, -0.2) is 9.59 Å². The van der Waals surface area contributed by atoms with E-state index in [2.05, 4.69) is 0 Å². The summed E-state index contributed by atoms with van der Waals surface area (Å²) >= 11 is 0. The van der Waals surface area contributed by atoms with Gasteiger partial charge in [-0.15, -0.1) is 0 Å². The Labute approximate surface area is 162 Å². The van der Waals surface area contributed by atoms with Gasteiger partial charge in [-0.05, 0) is 51.9 Å². The van der Waals surface area contributed by atoms with E-state index in [-0.39, 0.29) is 29.8 Å². The van der Waals surface area contributed by atoms with Gasteiger partial charge in [0, 0.05) is 6.04 Å². The zero-order chi connectivity index (χ0) is 20.9. The molecule has 27 heavy (non-hydrogen) atoms. The van der Waals surface area contributed by atoms with Crippen LogP contribution in [0.1, 0.15) is 60.8 Å². The summed E-state index contributed by atoms with van der Waals surface area (Å²) in [5.41, 5.74) is -0.666. The zero-order valence-electron chi connectivity index (χ0n) is 17.9. The predicted octanol–water partition coefficient (Wildman–Crippen LogP) is 3.40. The summed E-state index contributed by atoms with van der Waals surface area (Å²) in [6.45, 7) is 11.3. The van der Waals surface area contributed by atoms with E-state index in [0.717, 1.165) is 0 Å². The predicted molar refractivity (Wildman–Crippen MR) is 101 cm³/mol. The molecule has 0 aromatic rings. The number of methoxy groups -OCH3 is 2. The molecule has 156 valence electrons. The second-order valence-corrected chi connectivity index (χ2v) is 8.66. The van der Waals surface area contributed by atoms with E-state index >= 15 is 0 Å². The third-order valence-electron chi connectivity index (χ3n) is 5.10. The monoisotopic (exact) mass is 385 g/mol. The highest BCUT2D eigenvalue weighted by molar-refractivity contribution is 5.82. The summed E-state index contributed by atoms with van der Waals surface area (Å²) in [7, 11) is 2.70. The molecule has 7 heteroatoms. The normalized spacial score (nSPS) is 23.9. The number of hydrogen-bond acceptors (Lipinski definition) is 6. The lowest BCUT2D eigenvalue weighted by Crippen LogP contribution is -2.48. The van der Waals surface area contributed by atoms with Crippen molar-refractivity contribution in [2.45, 2.75) is 78.5 Å². The van der Waals surface area contributed by atoms with Crippen molar-refractivity contribution in [3.05, 3.63) is 0 Å². The third-order valence-corrected chi connectivity index (χ3v) is 5.10. The van der Waals surface area contributed by atoms with Crippen molar-refractivity contribution in [2.24, 2.45) is 17.8 Å².